The first-order valence-corrected chi connectivity index (χ1v) is 5.75. The average Bonchev–Trinajstić information content (AvgIpc) is 2.60. The summed E-state index contributed by atoms with van der Waals surface area (Å²) < 4.78 is 0. The number of hydrogen-bond acceptors (Lipinski definition) is 3. The summed E-state index contributed by atoms with van der Waals surface area (Å²) in [4.78, 5) is 16.4. The third-order valence-corrected chi connectivity index (χ3v) is 2.83. The van der Waals surface area contributed by atoms with Crippen molar-refractivity contribution >= 4 is 17.3 Å². The van der Waals surface area contributed by atoms with Crippen LogP contribution in [-0.2, 0) is 0 Å². The van der Waals surface area contributed by atoms with E-state index >= 15 is 0 Å². The molecule has 1 aromatic carbocycles. The first-order valence-electron chi connectivity index (χ1n) is 5.75. The van der Waals surface area contributed by atoms with Gasteiger partial charge in [-0.25, -0.2) is 0 Å². The number of Topliss-reactive ketones (excluding diaryl/α,β-unsaturated/α-hetero) is 1. The molecule has 1 aliphatic carbocycles. The maximum Gasteiger partial charge on any atom is 0.199 e. The van der Waals surface area contributed by atoms with Gasteiger partial charge in [0, 0.05) is 23.4 Å². The van der Waals surface area contributed by atoms with Gasteiger partial charge in [0.05, 0.1) is 5.57 Å². The number of benzene rings is 1. The van der Waals surface area contributed by atoms with Gasteiger partial charge in [-0.3, -0.25) is 9.79 Å². The summed E-state index contributed by atoms with van der Waals surface area (Å²) in [5.41, 5.74) is 2.13. The van der Waals surface area contributed by atoms with Gasteiger partial charge in [-0.15, -0.1) is 0 Å². The van der Waals surface area contributed by atoms with E-state index in [1.807, 2.05) is 13.0 Å². The minimum absolute atomic E-state index is 0.0583. The number of carbonyl (C=O) groups is 1. The van der Waals surface area contributed by atoms with E-state index in [1.54, 1.807) is 25.1 Å². The molecule has 1 N–H and O–H groups in total. The highest BCUT2D eigenvalue weighted by Gasteiger charge is 2.30. The summed E-state index contributed by atoms with van der Waals surface area (Å²) >= 11 is 0. The van der Waals surface area contributed by atoms with Gasteiger partial charge in [0.1, 0.15) is 5.76 Å². The summed E-state index contributed by atoms with van der Waals surface area (Å²) in [6.45, 7) is 4.47. The maximum atomic E-state index is 12.1. The normalized spacial score (nSPS) is 15.4. The topological polar surface area (TPSA) is 49.7 Å². The Morgan fingerprint density at radius 1 is 1.29 bits per heavy atom. The number of aliphatic hydroxyl groups is 1. The van der Waals surface area contributed by atoms with Crippen molar-refractivity contribution in [2.24, 2.45) is 4.99 Å². The number of allylic oxidation sites excluding steroid dienone is 1. The number of carbonyl (C=O) groups excluding carboxylic acids is 1. The number of rotatable bonds is 3. The highest BCUT2D eigenvalue weighted by Crippen LogP contribution is 2.31. The number of fused-ring (bicyclic) bond motifs is 1. The highest BCUT2D eigenvalue weighted by molar-refractivity contribution is 6.35. The van der Waals surface area contributed by atoms with Crippen LogP contribution in [0.1, 0.15) is 36.2 Å². The standard InChI is InChI=1S/C14H15NO2/c1-3-8-15-9(2)12-13(16)10-6-4-5-7-11(10)14(12)17/h4-7,16H,3,8H2,1-2H3. The molecule has 0 radical (unpaired) electrons. The van der Waals surface area contributed by atoms with E-state index in [2.05, 4.69) is 4.99 Å². The molecular formula is C14H15NO2. The predicted octanol–water partition coefficient (Wildman–Crippen LogP) is 3.02. The molecule has 17 heavy (non-hydrogen) atoms. The molecular weight excluding hydrogens is 214 g/mol. The van der Waals surface area contributed by atoms with E-state index < -0.39 is 0 Å². The van der Waals surface area contributed by atoms with Crippen molar-refractivity contribution in [1.29, 1.82) is 0 Å². The second-order valence-electron chi connectivity index (χ2n) is 4.07. The van der Waals surface area contributed by atoms with Crippen molar-refractivity contribution in [2.45, 2.75) is 20.3 Å². The Kier molecular flexibility index (Phi) is 3.09. The number of hydrogen-bond donors (Lipinski definition) is 1. The van der Waals surface area contributed by atoms with Gasteiger partial charge in [0.15, 0.2) is 5.78 Å². The molecule has 1 aliphatic rings. The van der Waals surface area contributed by atoms with Crippen molar-refractivity contribution in [3.63, 3.8) is 0 Å². The Labute approximate surface area is 101 Å². The fourth-order valence-corrected chi connectivity index (χ4v) is 1.96. The average molecular weight is 229 g/mol. The van der Waals surface area contributed by atoms with Crippen LogP contribution in [0, 0.1) is 0 Å². The molecule has 2 rings (SSSR count). The second-order valence-corrected chi connectivity index (χ2v) is 4.07. The largest absolute Gasteiger partial charge is 0.506 e. The van der Waals surface area contributed by atoms with Gasteiger partial charge in [0.25, 0.3) is 0 Å². The zero-order chi connectivity index (χ0) is 12.4. The van der Waals surface area contributed by atoms with E-state index in [1.165, 1.54) is 0 Å². The Morgan fingerprint density at radius 3 is 2.53 bits per heavy atom. The molecule has 0 fully saturated rings. The van der Waals surface area contributed by atoms with Crippen molar-refractivity contribution in [3.8, 4) is 0 Å². The second kappa shape index (κ2) is 4.53. The third kappa shape index (κ3) is 1.88. The van der Waals surface area contributed by atoms with E-state index in [4.69, 9.17) is 0 Å². The van der Waals surface area contributed by atoms with Crippen LogP contribution in [0.2, 0.25) is 0 Å². The lowest BCUT2D eigenvalue weighted by Gasteiger charge is -2.01. The lowest BCUT2D eigenvalue weighted by Crippen LogP contribution is -2.08. The van der Waals surface area contributed by atoms with Crippen LogP contribution in [0.25, 0.3) is 5.76 Å². The SMILES string of the molecule is CCCN=C(C)C1=C(O)c2ccccc2C1=O. The molecule has 0 bridgehead atoms. The molecule has 0 aliphatic heterocycles. The van der Waals surface area contributed by atoms with Gasteiger partial charge in [0.2, 0.25) is 0 Å². The first kappa shape index (κ1) is 11.6. The summed E-state index contributed by atoms with van der Waals surface area (Å²) in [5, 5.41) is 10.1. The predicted molar refractivity (Wildman–Crippen MR) is 68.6 cm³/mol. The highest BCUT2D eigenvalue weighted by atomic mass is 16.3. The van der Waals surface area contributed by atoms with Crippen LogP contribution in [0.4, 0.5) is 0 Å². The van der Waals surface area contributed by atoms with Crippen LogP contribution in [0.15, 0.2) is 34.8 Å². The van der Waals surface area contributed by atoms with Crippen molar-refractivity contribution in [2.75, 3.05) is 6.54 Å². The zero-order valence-electron chi connectivity index (χ0n) is 10.0. The molecule has 0 amide bonds. The summed E-state index contributed by atoms with van der Waals surface area (Å²) in [6.07, 6.45) is 0.923. The lowest BCUT2D eigenvalue weighted by molar-refractivity contribution is 0.104. The molecule has 0 atom stereocenters. The van der Waals surface area contributed by atoms with E-state index in [0.717, 1.165) is 6.42 Å². The molecule has 0 unspecified atom stereocenters. The summed E-state index contributed by atoms with van der Waals surface area (Å²) in [5.74, 6) is -0.0709. The molecule has 0 spiro atoms. The summed E-state index contributed by atoms with van der Waals surface area (Å²) in [6, 6.07) is 7.09. The fraction of sp³-hybridized carbons (Fsp3) is 0.286. The molecule has 88 valence electrons. The molecule has 0 saturated heterocycles. The Hall–Kier alpha value is -1.90. The smallest absolute Gasteiger partial charge is 0.199 e. The number of nitrogens with zero attached hydrogens (tertiary/aromatic N) is 1. The van der Waals surface area contributed by atoms with E-state index in [-0.39, 0.29) is 11.5 Å². The third-order valence-electron chi connectivity index (χ3n) is 2.83. The molecule has 1 aromatic rings. The van der Waals surface area contributed by atoms with Gasteiger partial charge in [-0.1, -0.05) is 31.2 Å². The van der Waals surface area contributed by atoms with Crippen LogP contribution in [0.5, 0.6) is 0 Å². The molecule has 0 heterocycles. The Balaban J connectivity index is 2.45. The van der Waals surface area contributed by atoms with Crippen LogP contribution in [-0.4, -0.2) is 23.1 Å². The summed E-state index contributed by atoms with van der Waals surface area (Å²) in [7, 11) is 0. The molecule has 3 heteroatoms. The van der Waals surface area contributed by atoms with Gasteiger partial charge >= 0.3 is 0 Å². The van der Waals surface area contributed by atoms with Gasteiger partial charge in [-0.05, 0) is 13.3 Å². The van der Waals surface area contributed by atoms with Crippen LogP contribution >= 0.6 is 0 Å². The van der Waals surface area contributed by atoms with Crippen molar-refractivity contribution in [1.82, 2.24) is 0 Å². The van der Waals surface area contributed by atoms with E-state index in [0.29, 0.717) is 29.0 Å². The van der Waals surface area contributed by atoms with Gasteiger partial charge < -0.3 is 5.11 Å². The minimum atomic E-state index is -0.129. The number of aliphatic imine (C=N–C) groups is 1. The minimum Gasteiger partial charge on any atom is -0.506 e. The molecule has 0 aromatic heterocycles. The molecule has 3 nitrogen and oxygen atoms in total. The van der Waals surface area contributed by atoms with Crippen molar-refractivity contribution < 1.29 is 9.90 Å². The quantitative estimate of drug-likeness (QED) is 0.810. The van der Waals surface area contributed by atoms with Gasteiger partial charge in [-0.2, -0.15) is 0 Å². The first-order chi connectivity index (χ1) is 8.16. The Bertz CT molecular complexity index is 527. The lowest BCUT2D eigenvalue weighted by atomic mass is 10.1. The Morgan fingerprint density at radius 2 is 1.94 bits per heavy atom. The monoisotopic (exact) mass is 229 g/mol. The van der Waals surface area contributed by atoms with Crippen LogP contribution < -0.4 is 0 Å². The maximum absolute atomic E-state index is 12.1. The van der Waals surface area contributed by atoms with Crippen LogP contribution in [0.3, 0.4) is 0 Å². The molecule has 0 saturated carbocycles. The number of ketones is 1. The van der Waals surface area contributed by atoms with E-state index in [9.17, 15) is 9.90 Å². The van der Waals surface area contributed by atoms with Crippen molar-refractivity contribution in [3.05, 3.63) is 41.0 Å². The zero-order valence-corrected chi connectivity index (χ0v) is 10.0. The number of aliphatic hydroxyl groups excluding tert-OH is 1. The fourth-order valence-electron chi connectivity index (χ4n) is 1.96.